The standard InChI is InChI=1S/C22H17N3O2/c23-15-19(22(26)25-21-11-4-5-12-24-21)13-18-9-6-10-20(14-18)27-16-17-7-2-1-3-8-17/h1-14H,16H2,(H,24,25,26). The molecule has 0 unspecified atom stereocenters. The first kappa shape index (κ1) is 17.9. The van der Waals surface area contributed by atoms with Crippen LogP contribution in [0.25, 0.3) is 6.08 Å². The lowest BCUT2D eigenvalue weighted by molar-refractivity contribution is -0.112. The lowest BCUT2D eigenvalue weighted by atomic mass is 10.1. The van der Waals surface area contributed by atoms with E-state index in [9.17, 15) is 10.1 Å². The van der Waals surface area contributed by atoms with Gasteiger partial charge in [0.2, 0.25) is 0 Å². The summed E-state index contributed by atoms with van der Waals surface area (Å²) >= 11 is 0. The molecule has 0 fully saturated rings. The third kappa shape index (κ3) is 5.28. The molecule has 0 radical (unpaired) electrons. The summed E-state index contributed by atoms with van der Waals surface area (Å²) < 4.78 is 5.78. The Kier molecular flexibility index (Phi) is 5.95. The van der Waals surface area contributed by atoms with E-state index in [-0.39, 0.29) is 5.57 Å². The molecule has 0 aliphatic carbocycles. The van der Waals surface area contributed by atoms with E-state index in [2.05, 4.69) is 10.3 Å². The van der Waals surface area contributed by atoms with Crippen LogP contribution in [-0.2, 0) is 11.4 Å². The fraction of sp³-hybridized carbons (Fsp3) is 0.0455. The summed E-state index contributed by atoms with van der Waals surface area (Å²) in [6, 6.07) is 24.2. The Bertz CT molecular complexity index is 977. The van der Waals surface area contributed by atoms with Crippen molar-refractivity contribution in [1.82, 2.24) is 4.98 Å². The molecule has 27 heavy (non-hydrogen) atoms. The highest BCUT2D eigenvalue weighted by molar-refractivity contribution is 6.09. The molecule has 132 valence electrons. The molecule has 3 rings (SSSR count). The quantitative estimate of drug-likeness (QED) is 0.531. The number of hydrogen-bond acceptors (Lipinski definition) is 4. The van der Waals surface area contributed by atoms with Crippen molar-refractivity contribution in [1.29, 1.82) is 5.26 Å². The van der Waals surface area contributed by atoms with E-state index >= 15 is 0 Å². The van der Waals surface area contributed by atoms with Crippen LogP contribution >= 0.6 is 0 Å². The fourth-order valence-corrected chi connectivity index (χ4v) is 2.37. The van der Waals surface area contributed by atoms with Crippen molar-refractivity contribution in [2.75, 3.05) is 5.32 Å². The molecule has 5 heteroatoms. The number of amides is 1. The van der Waals surface area contributed by atoms with Crippen LogP contribution in [0.2, 0.25) is 0 Å². The van der Waals surface area contributed by atoms with Crippen LogP contribution in [0.3, 0.4) is 0 Å². The van der Waals surface area contributed by atoms with E-state index in [1.54, 1.807) is 36.5 Å². The summed E-state index contributed by atoms with van der Waals surface area (Å²) in [5.41, 5.74) is 1.75. The van der Waals surface area contributed by atoms with E-state index in [0.717, 1.165) is 5.56 Å². The van der Waals surface area contributed by atoms with E-state index in [0.29, 0.717) is 23.7 Å². The number of hydrogen-bond donors (Lipinski definition) is 1. The minimum Gasteiger partial charge on any atom is -0.489 e. The SMILES string of the molecule is N#CC(=Cc1cccc(OCc2ccccc2)c1)C(=O)Nc1ccccn1. The van der Waals surface area contributed by atoms with Gasteiger partial charge in [-0.1, -0.05) is 48.5 Å². The average molecular weight is 355 g/mol. The number of pyridine rings is 1. The first-order chi connectivity index (χ1) is 13.2. The van der Waals surface area contributed by atoms with Gasteiger partial charge in [-0.2, -0.15) is 5.26 Å². The Morgan fingerprint density at radius 2 is 1.89 bits per heavy atom. The highest BCUT2D eigenvalue weighted by Gasteiger charge is 2.10. The van der Waals surface area contributed by atoms with Gasteiger partial charge in [-0.25, -0.2) is 4.98 Å². The van der Waals surface area contributed by atoms with E-state index in [1.165, 1.54) is 6.08 Å². The topological polar surface area (TPSA) is 75.0 Å². The lowest BCUT2D eigenvalue weighted by Crippen LogP contribution is -2.14. The minimum atomic E-state index is -0.508. The number of carbonyl (C=O) groups is 1. The Morgan fingerprint density at radius 1 is 1.07 bits per heavy atom. The van der Waals surface area contributed by atoms with Gasteiger partial charge in [-0.05, 0) is 41.5 Å². The number of nitrogens with zero attached hydrogens (tertiary/aromatic N) is 2. The number of ether oxygens (including phenoxy) is 1. The predicted molar refractivity (Wildman–Crippen MR) is 104 cm³/mol. The molecule has 3 aromatic rings. The maximum atomic E-state index is 12.3. The van der Waals surface area contributed by atoms with Gasteiger partial charge in [0.15, 0.2) is 0 Å². The second-order valence-electron chi connectivity index (χ2n) is 5.69. The molecule has 1 heterocycles. The minimum absolute atomic E-state index is 0.0131. The number of carbonyl (C=O) groups excluding carboxylic acids is 1. The van der Waals surface area contributed by atoms with Crippen LogP contribution < -0.4 is 10.1 Å². The largest absolute Gasteiger partial charge is 0.489 e. The van der Waals surface area contributed by atoms with E-state index in [1.807, 2.05) is 48.5 Å². The number of aromatic nitrogens is 1. The van der Waals surface area contributed by atoms with Gasteiger partial charge in [-0.3, -0.25) is 4.79 Å². The molecule has 0 aliphatic heterocycles. The van der Waals surface area contributed by atoms with Crippen molar-refractivity contribution in [2.45, 2.75) is 6.61 Å². The molecule has 0 spiro atoms. The summed E-state index contributed by atoms with van der Waals surface area (Å²) in [5.74, 6) is 0.547. The van der Waals surface area contributed by atoms with Crippen LogP contribution in [0, 0.1) is 11.3 Å². The maximum absolute atomic E-state index is 12.3. The van der Waals surface area contributed by atoms with Gasteiger partial charge in [0.25, 0.3) is 5.91 Å². The predicted octanol–water partition coefficient (Wildman–Crippen LogP) is 4.21. The van der Waals surface area contributed by atoms with Crippen molar-refractivity contribution in [3.05, 3.63) is 95.7 Å². The number of rotatable bonds is 6. The molecule has 0 saturated heterocycles. The zero-order valence-corrected chi connectivity index (χ0v) is 14.5. The Labute approximate surface area is 157 Å². The Hall–Kier alpha value is -3.91. The summed E-state index contributed by atoms with van der Waals surface area (Å²) in [5, 5.41) is 11.9. The Morgan fingerprint density at radius 3 is 2.63 bits per heavy atom. The molecule has 1 aromatic heterocycles. The third-order valence-corrected chi connectivity index (χ3v) is 3.69. The smallest absolute Gasteiger partial charge is 0.267 e. The molecule has 5 nitrogen and oxygen atoms in total. The van der Waals surface area contributed by atoms with Crippen molar-refractivity contribution < 1.29 is 9.53 Å². The number of anilines is 1. The van der Waals surface area contributed by atoms with Crippen molar-refractivity contribution in [2.24, 2.45) is 0 Å². The molecule has 0 atom stereocenters. The maximum Gasteiger partial charge on any atom is 0.267 e. The zero-order chi connectivity index (χ0) is 18.9. The highest BCUT2D eigenvalue weighted by Crippen LogP contribution is 2.18. The van der Waals surface area contributed by atoms with Gasteiger partial charge in [0.1, 0.15) is 29.8 Å². The summed E-state index contributed by atoms with van der Waals surface area (Å²) in [7, 11) is 0. The number of nitrogens with one attached hydrogen (secondary N) is 1. The van der Waals surface area contributed by atoms with E-state index in [4.69, 9.17) is 4.74 Å². The van der Waals surface area contributed by atoms with Gasteiger partial charge < -0.3 is 10.1 Å². The molecular weight excluding hydrogens is 338 g/mol. The highest BCUT2D eigenvalue weighted by atomic mass is 16.5. The van der Waals surface area contributed by atoms with Crippen LogP contribution in [-0.4, -0.2) is 10.9 Å². The van der Waals surface area contributed by atoms with Crippen LogP contribution in [0.15, 0.2) is 84.6 Å². The monoisotopic (exact) mass is 355 g/mol. The second kappa shape index (κ2) is 8.97. The Balaban J connectivity index is 1.70. The summed E-state index contributed by atoms with van der Waals surface area (Å²) in [4.78, 5) is 16.3. The summed E-state index contributed by atoms with van der Waals surface area (Å²) in [6.45, 7) is 0.444. The van der Waals surface area contributed by atoms with Gasteiger partial charge in [-0.15, -0.1) is 0 Å². The molecule has 2 aromatic carbocycles. The van der Waals surface area contributed by atoms with Crippen LogP contribution in [0.4, 0.5) is 5.82 Å². The number of benzene rings is 2. The van der Waals surface area contributed by atoms with Gasteiger partial charge in [0, 0.05) is 6.20 Å². The van der Waals surface area contributed by atoms with Crippen molar-refractivity contribution >= 4 is 17.8 Å². The zero-order valence-electron chi connectivity index (χ0n) is 14.5. The van der Waals surface area contributed by atoms with Gasteiger partial charge >= 0.3 is 0 Å². The first-order valence-corrected chi connectivity index (χ1v) is 8.35. The lowest BCUT2D eigenvalue weighted by Gasteiger charge is -2.07. The molecule has 0 aliphatic rings. The summed E-state index contributed by atoms with van der Waals surface area (Å²) in [6.07, 6.45) is 3.09. The molecule has 1 amide bonds. The van der Waals surface area contributed by atoms with Crippen molar-refractivity contribution in [3.63, 3.8) is 0 Å². The normalized spacial score (nSPS) is 10.7. The van der Waals surface area contributed by atoms with E-state index < -0.39 is 5.91 Å². The third-order valence-electron chi connectivity index (χ3n) is 3.69. The van der Waals surface area contributed by atoms with Crippen LogP contribution in [0.5, 0.6) is 5.75 Å². The first-order valence-electron chi connectivity index (χ1n) is 8.35. The van der Waals surface area contributed by atoms with Crippen molar-refractivity contribution in [3.8, 4) is 11.8 Å². The van der Waals surface area contributed by atoms with Crippen LogP contribution in [0.1, 0.15) is 11.1 Å². The molecule has 1 N–H and O–H groups in total. The molecular formula is C22H17N3O2. The average Bonchev–Trinajstić information content (AvgIpc) is 2.72. The number of nitriles is 1. The fourth-order valence-electron chi connectivity index (χ4n) is 2.37. The van der Waals surface area contributed by atoms with Gasteiger partial charge in [0.05, 0.1) is 0 Å². The molecule has 0 saturated carbocycles. The molecule has 0 bridgehead atoms. The second-order valence-corrected chi connectivity index (χ2v) is 5.69.